The topological polar surface area (TPSA) is 45.7 Å². The van der Waals surface area contributed by atoms with E-state index in [-0.39, 0.29) is 11.9 Å². The van der Waals surface area contributed by atoms with Crippen LogP contribution in [-0.2, 0) is 4.79 Å². The van der Waals surface area contributed by atoms with Crippen LogP contribution in [-0.4, -0.2) is 67.9 Å². The Labute approximate surface area is 172 Å². The van der Waals surface area contributed by atoms with Crippen LogP contribution >= 0.6 is 0 Å². The molecule has 1 atom stereocenters. The van der Waals surface area contributed by atoms with Crippen molar-refractivity contribution in [2.75, 3.05) is 33.3 Å². The van der Waals surface area contributed by atoms with Crippen molar-refractivity contribution in [2.24, 2.45) is 0 Å². The zero-order chi connectivity index (χ0) is 20.4. The summed E-state index contributed by atoms with van der Waals surface area (Å²) in [6.07, 6.45) is 0. The van der Waals surface area contributed by atoms with Gasteiger partial charge >= 0.3 is 0 Å². The number of carbonyl (C=O) groups is 1. The molecule has 0 spiro atoms. The number of nitrogens with zero attached hydrogens (tertiary/aromatic N) is 3. The van der Waals surface area contributed by atoms with Gasteiger partial charge in [0.05, 0.1) is 17.3 Å². The highest BCUT2D eigenvalue weighted by atomic mass is 16.5. The minimum Gasteiger partial charge on any atom is -0.492 e. The van der Waals surface area contributed by atoms with Crippen LogP contribution in [0, 0.1) is 0 Å². The van der Waals surface area contributed by atoms with Crippen molar-refractivity contribution in [3.63, 3.8) is 0 Å². The SMILES string of the molecule is [B]c1ccc2nc(-c3ccc(OCCN4CCN(C)C(=O)C4C)cc3)ccc2c1. The molecule has 3 aromatic rings. The second-order valence-electron chi connectivity index (χ2n) is 7.49. The maximum atomic E-state index is 12.1. The van der Waals surface area contributed by atoms with Crippen molar-refractivity contribution >= 4 is 30.1 Å². The Hall–Kier alpha value is -2.86. The van der Waals surface area contributed by atoms with Gasteiger partial charge in [-0.05, 0) is 48.7 Å². The molecule has 1 saturated heterocycles. The molecule has 1 aromatic heterocycles. The van der Waals surface area contributed by atoms with Gasteiger partial charge in [0.2, 0.25) is 5.91 Å². The number of hydrogen-bond donors (Lipinski definition) is 0. The monoisotopic (exact) mass is 385 g/mol. The van der Waals surface area contributed by atoms with Gasteiger partial charge < -0.3 is 9.64 Å². The van der Waals surface area contributed by atoms with E-state index >= 15 is 0 Å². The Kier molecular flexibility index (Phi) is 5.54. The third kappa shape index (κ3) is 4.27. The van der Waals surface area contributed by atoms with Gasteiger partial charge in [-0.1, -0.05) is 23.7 Å². The van der Waals surface area contributed by atoms with Gasteiger partial charge in [-0.25, -0.2) is 4.98 Å². The Morgan fingerprint density at radius 1 is 1.10 bits per heavy atom. The summed E-state index contributed by atoms with van der Waals surface area (Å²) in [5.74, 6) is 0.988. The summed E-state index contributed by atoms with van der Waals surface area (Å²) in [7, 11) is 7.69. The van der Waals surface area contributed by atoms with Crippen molar-refractivity contribution in [2.45, 2.75) is 13.0 Å². The first-order valence-electron chi connectivity index (χ1n) is 9.90. The molecule has 2 aromatic carbocycles. The molecule has 2 radical (unpaired) electrons. The second-order valence-corrected chi connectivity index (χ2v) is 7.49. The van der Waals surface area contributed by atoms with Crippen LogP contribution in [0.4, 0.5) is 0 Å². The van der Waals surface area contributed by atoms with E-state index in [1.807, 2.05) is 68.6 Å². The highest BCUT2D eigenvalue weighted by molar-refractivity contribution is 6.33. The van der Waals surface area contributed by atoms with E-state index in [1.54, 1.807) is 4.90 Å². The van der Waals surface area contributed by atoms with E-state index in [9.17, 15) is 4.79 Å². The highest BCUT2D eigenvalue weighted by Gasteiger charge is 2.28. The fourth-order valence-electron chi connectivity index (χ4n) is 3.67. The van der Waals surface area contributed by atoms with E-state index in [1.165, 1.54) is 0 Å². The summed E-state index contributed by atoms with van der Waals surface area (Å²) in [6.45, 7) is 4.89. The fourth-order valence-corrected chi connectivity index (χ4v) is 3.67. The maximum Gasteiger partial charge on any atom is 0.239 e. The lowest BCUT2D eigenvalue weighted by molar-refractivity contribution is -0.139. The van der Waals surface area contributed by atoms with E-state index in [2.05, 4.69) is 4.90 Å². The number of pyridine rings is 1. The fraction of sp³-hybridized carbons (Fsp3) is 0.304. The van der Waals surface area contributed by atoms with Crippen molar-refractivity contribution in [3.05, 3.63) is 54.6 Å². The van der Waals surface area contributed by atoms with Crippen LogP contribution in [0.15, 0.2) is 54.6 Å². The van der Waals surface area contributed by atoms with Gasteiger partial charge in [0.1, 0.15) is 20.2 Å². The lowest BCUT2D eigenvalue weighted by Gasteiger charge is -2.37. The lowest BCUT2D eigenvalue weighted by atomic mass is 9.94. The molecule has 4 rings (SSSR count). The van der Waals surface area contributed by atoms with E-state index in [4.69, 9.17) is 17.6 Å². The number of fused-ring (bicyclic) bond motifs is 1. The molecule has 1 unspecified atom stereocenters. The van der Waals surface area contributed by atoms with Gasteiger partial charge in [-0.15, -0.1) is 0 Å². The lowest BCUT2D eigenvalue weighted by Crippen LogP contribution is -2.55. The molecule has 29 heavy (non-hydrogen) atoms. The predicted octanol–water partition coefficient (Wildman–Crippen LogP) is 2.24. The van der Waals surface area contributed by atoms with Crippen LogP contribution in [0.1, 0.15) is 6.92 Å². The first-order valence-corrected chi connectivity index (χ1v) is 9.90. The third-order valence-corrected chi connectivity index (χ3v) is 5.51. The number of carbonyl (C=O) groups excluding carboxylic acids is 1. The number of piperazine rings is 1. The summed E-state index contributed by atoms with van der Waals surface area (Å²) in [5.41, 5.74) is 3.62. The Balaban J connectivity index is 1.37. The molecule has 1 aliphatic heterocycles. The number of ether oxygens (including phenoxy) is 1. The average molecular weight is 385 g/mol. The third-order valence-electron chi connectivity index (χ3n) is 5.51. The summed E-state index contributed by atoms with van der Waals surface area (Å²) >= 11 is 0. The van der Waals surface area contributed by atoms with Crippen LogP contribution in [0.5, 0.6) is 5.75 Å². The number of likely N-dealkylation sites (N-methyl/N-ethyl adjacent to an activating group) is 1. The average Bonchev–Trinajstić information content (AvgIpc) is 2.74. The number of rotatable bonds is 5. The molecular formula is C23H24BN3O2. The minimum absolute atomic E-state index is 0.0888. The predicted molar refractivity (Wildman–Crippen MR) is 117 cm³/mol. The molecular weight excluding hydrogens is 361 g/mol. The van der Waals surface area contributed by atoms with E-state index < -0.39 is 0 Å². The Bertz CT molecular complexity index is 1020. The maximum absolute atomic E-state index is 12.1. The van der Waals surface area contributed by atoms with E-state index in [0.717, 1.165) is 53.0 Å². The molecule has 0 aliphatic carbocycles. The normalized spacial score (nSPS) is 17.7. The molecule has 0 saturated carbocycles. The molecule has 0 bridgehead atoms. The Morgan fingerprint density at radius 2 is 1.90 bits per heavy atom. The van der Waals surface area contributed by atoms with Crippen LogP contribution in [0.2, 0.25) is 0 Å². The molecule has 1 amide bonds. The summed E-state index contributed by atoms with van der Waals surface area (Å²) in [4.78, 5) is 20.8. The van der Waals surface area contributed by atoms with E-state index in [0.29, 0.717) is 6.61 Å². The summed E-state index contributed by atoms with van der Waals surface area (Å²) in [6, 6.07) is 17.6. The molecule has 6 heteroatoms. The van der Waals surface area contributed by atoms with Crippen molar-refractivity contribution < 1.29 is 9.53 Å². The first kappa shape index (κ1) is 19.5. The number of amides is 1. The van der Waals surface area contributed by atoms with Gasteiger partial charge in [0.25, 0.3) is 0 Å². The summed E-state index contributed by atoms with van der Waals surface area (Å²) < 4.78 is 5.89. The number of hydrogen-bond acceptors (Lipinski definition) is 4. The largest absolute Gasteiger partial charge is 0.492 e. The first-order chi connectivity index (χ1) is 14.0. The highest BCUT2D eigenvalue weighted by Crippen LogP contribution is 2.23. The molecule has 1 aliphatic rings. The standard InChI is InChI=1S/C23H24BN3O2/c1-16-23(28)26(2)11-12-27(16)13-14-29-20-7-3-17(4-8-20)21-9-5-18-15-19(24)6-10-22(18)25-21/h3-10,15-16H,11-14H2,1-2H3. The number of aromatic nitrogens is 1. The molecule has 2 heterocycles. The van der Waals surface area contributed by atoms with Gasteiger partial charge in [-0.2, -0.15) is 0 Å². The van der Waals surface area contributed by atoms with Gasteiger partial charge in [0, 0.05) is 32.2 Å². The van der Waals surface area contributed by atoms with Gasteiger partial charge in [0.15, 0.2) is 0 Å². The van der Waals surface area contributed by atoms with Crippen LogP contribution in [0.3, 0.4) is 0 Å². The zero-order valence-corrected chi connectivity index (χ0v) is 16.8. The Morgan fingerprint density at radius 3 is 2.69 bits per heavy atom. The second kappa shape index (κ2) is 8.25. The minimum atomic E-state index is -0.0888. The van der Waals surface area contributed by atoms with Crippen molar-refractivity contribution in [3.8, 4) is 17.0 Å². The molecule has 1 fully saturated rings. The molecule has 5 nitrogen and oxygen atoms in total. The summed E-state index contributed by atoms with van der Waals surface area (Å²) in [5, 5.41) is 1.03. The molecule has 146 valence electrons. The smallest absolute Gasteiger partial charge is 0.239 e. The molecule has 0 N–H and O–H groups in total. The van der Waals surface area contributed by atoms with Crippen LogP contribution in [0.25, 0.3) is 22.2 Å². The quantitative estimate of drug-likeness (QED) is 0.632. The van der Waals surface area contributed by atoms with Crippen molar-refractivity contribution in [1.29, 1.82) is 0 Å². The number of benzene rings is 2. The zero-order valence-electron chi connectivity index (χ0n) is 16.8. The van der Waals surface area contributed by atoms with Gasteiger partial charge in [-0.3, -0.25) is 9.69 Å². The van der Waals surface area contributed by atoms with Crippen molar-refractivity contribution in [1.82, 2.24) is 14.8 Å². The van der Waals surface area contributed by atoms with Crippen LogP contribution < -0.4 is 10.2 Å².